The standard InChI is InChI=1S/C6H12O23S5/c7-29-23-1-2(24-30(8,9)10)4(26-32(14,15)16)6(28-34(20,21)22)5(27-33(17,18)19)3(1)25-31(11,12)13/h1-7H,(H,8,9,10)(H,11,12,13)(H,14,15,16)(H,17,18,19)(H,20,21,22). The zero-order valence-corrected chi connectivity index (χ0v) is 19.2. The van der Waals surface area contributed by atoms with Crippen LogP contribution in [0.3, 0.4) is 0 Å². The molecule has 4 unspecified atom stereocenters. The monoisotopic (exact) mass is 612 g/mol. The molecule has 23 nitrogen and oxygen atoms in total. The topological polar surface area (TPSA) is 357 Å². The van der Waals surface area contributed by atoms with Crippen LogP contribution in [0.15, 0.2) is 0 Å². The van der Waals surface area contributed by atoms with Crippen molar-refractivity contribution in [1.82, 2.24) is 0 Å². The fourth-order valence-corrected chi connectivity index (χ4v) is 5.03. The first kappa shape index (κ1) is 31.3. The Labute approximate surface area is 189 Å². The Balaban J connectivity index is 3.99. The normalized spacial score (nSPS) is 29.7. The lowest BCUT2D eigenvalue weighted by Gasteiger charge is -2.44. The lowest BCUT2D eigenvalue weighted by molar-refractivity contribution is -0.520. The summed E-state index contributed by atoms with van der Waals surface area (Å²) in [6.45, 7) is 0. The van der Waals surface area contributed by atoms with E-state index >= 15 is 0 Å². The Bertz CT molecular complexity index is 1160. The van der Waals surface area contributed by atoms with E-state index in [0.29, 0.717) is 0 Å². The summed E-state index contributed by atoms with van der Waals surface area (Å²) < 4.78 is 176. The van der Waals surface area contributed by atoms with Crippen LogP contribution >= 0.6 is 0 Å². The van der Waals surface area contributed by atoms with Gasteiger partial charge < -0.3 is 0 Å². The number of rotatable bonds is 12. The molecule has 0 aliphatic heterocycles. The summed E-state index contributed by atoms with van der Waals surface area (Å²) in [4.78, 5) is 3.94. The Morgan fingerprint density at radius 1 is 0.382 bits per heavy atom. The summed E-state index contributed by atoms with van der Waals surface area (Å²) in [5, 5.41) is 11.6. The van der Waals surface area contributed by atoms with Gasteiger partial charge in [0.15, 0.2) is 6.10 Å². The smallest absolute Gasteiger partial charge is 0.264 e. The van der Waals surface area contributed by atoms with Gasteiger partial charge in [-0.1, -0.05) is 5.04 Å². The van der Waals surface area contributed by atoms with E-state index in [1.54, 1.807) is 0 Å². The fraction of sp³-hybridized carbons (Fsp3) is 1.00. The van der Waals surface area contributed by atoms with Gasteiger partial charge in [-0.2, -0.15) is 47.0 Å². The molecule has 0 radical (unpaired) electrons. The van der Waals surface area contributed by atoms with Crippen molar-refractivity contribution in [3.8, 4) is 0 Å². The maximum absolute atomic E-state index is 11.2. The minimum Gasteiger partial charge on any atom is -0.264 e. The van der Waals surface area contributed by atoms with Gasteiger partial charge in [-0.05, 0) is 0 Å². The van der Waals surface area contributed by atoms with Crippen LogP contribution < -0.4 is 0 Å². The van der Waals surface area contributed by atoms with Gasteiger partial charge in [0.1, 0.15) is 30.5 Å². The van der Waals surface area contributed by atoms with E-state index in [4.69, 9.17) is 28.0 Å². The van der Waals surface area contributed by atoms with Crippen molar-refractivity contribution in [2.24, 2.45) is 0 Å². The van der Waals surface area contributed by atoms with Crippen LogP contribution in [0, 0.1) is 0 Å². The van der Waals surface area contributed by atoms with Gasteiger partial charge in [0.2, 0.25) is 0 Å². The van der Waals surface area contributed by atoms with Crippen molar-refractivity contribution in [1.29, 1.82) is 0 Å². The number of hydrogen-bond donors (Lipinski definition) is 6. The summed E-state index contributed by atoms with van der Waals surface area (Å²) in [7, 11) is -29.5. The Hall–Kier alpha value is -0.770. The summed E-state index contributed by atoms with van der Waals surface area (Å²) in [6.07, 6.45) is -18.8. The van der Waals surface area contributed by atoms with Gasteiger partial charge in [-0.3, -0.25) is 22.8 Å². The van der Waals surface area contributed by atoms with E-state index in [1.165, 1.54) is 0 Å². The molecule has 0 saturated heterocycles. The van der Waals surface area contributed by atoms with Crippen LogP contribution in [0.4, 0.5) is 0 Å². The fourth-order valence-electron chi connectivity index (χ4n) is 2.53. The van der Waals surface area contributed by atoms with Gasteiger partial charge in [0.05, 0.1) is 0 Å². The maximum Gasteiger partial charge on any atom is 0.397 e. The molecule has 0 aromatic carbocycles. The zero-order chi connectivity index (χ0) is 26.9. The first-order chi connectivity index (χ1) is 14.9. The molecule has 34 heavy (non-hydrogen) atoms. The molecule has 0 amide bonds. The molecule has 1 aliphatic carbocycles. The molecule has 28 heteroatoms. The predicted octanol–water partition coefficient (Wildman–Crippen LogP) is -4.27. The minimum atomic E-state index is -5.93. The highest BCUT2D eigenvalue weighted by atomic mass is 32.3. The molecule has 0 bridgehead atoms. The molecule has 204 valence electrons. The second-order valence-electron chi connectivity index (χ2n) is 5.58. The lowest BCUT2D eigenvalue weighted by atomic mass is 9.85. The van der Waals surface area contributed by atoms with Crippen LogP contribution in [0.5, 0.6) is 0 Å². The van der Waals surface area contributed by atoms with E-state index in [2.05, 4.69) is 30.8 Å². The van der Waals surface area contributed by atoms with Crippen molar-refractivity contribution < 1.29 is 101 Å². The average Bonchev–Trinajstić information content (AvgIpc) is 2.52. The summed E-state index contributed by atoms with van der Waals surface area (Å²) in [6, 6.07) is 0. The SMILES string of the molecule is O=S(=O)(O)OC1C(OOO)C(OS(=O)(=O)O)C(OS(=O)(=O)O)C(OS(=O)(=O)O)C1OS(=O)(=O)O. The van der Waals surface area contributed by atoms with Crippen molar-refractivity contribution in [3.63, 3.8) is 0 Å². The molecule has 1 rings (SSSR count). The van der Waals surface area contributed by atoms with Crippen molar-refractivity contribution in [2.45, 2.75) is 36.6 Å². The molecule has 0 heterocycles. The van der Waals surface area contributed by atoms with Gasteiger partial charge in [0.25, 0.3) is 0 Å². The van der Waals surface area contributed by atoms with Gasteiger partial charge >= 0.3 is 52.0 Å². The summed E-state index contributed by atoms with van der Waals surface area (Å²) in [5.74, 6) is 0. The van der Waals surface area contributed by atoms with Crippen molar-refractivity contribution >= 4 is 52.0 Å². The third kappa shape index (κ3) is 10.9. The lowest BCUT2D eigenvalue weighted by Crippen LogP contribution is -2.68. The van der Waals surface area contributed by atoms with Gasteiger partial charge in [-0.25, -0.2) is 26.2 Å². The average molecular weight is 612 g/mol. The Morgan fingerprint density at radius 3 is 0.706 bits per heavy atom. The molecule has 6 N–H and O–H groups in total. The molecular weight excluding hydrogens is 600 g/mol. The van der Waals surface area contributed by atoms with Crippen molar-refractivity contribution in [3.05, 3.63) is 0 Å². The molecule has 4 atom stereocenters. The molecule has 1 saturated carbocycles. The summed E-state index contributed by atoms with van der Waals surface area (Å²) >= 11 is 0. The second kappa shape index (κ2) is 10.7. The van der Waals surface area contributed by atoms with E-state index < -0.39 is 88.6 Å². The largest absolute Gasteiger partial charge is 0.397 e. The van der Waals surface area contributed by atoms with E-state index in [9.17, 15) is 42.1 Å². The van der Waals surface area contributed by atoms with Crippen LogP contribution in [-0.2, 0) is 82.8 Å². The van der Waals surface area contributed by atoms with Crippen LogP contribution in [0.2, 0.25) is 0 Å². The van der Waals surface area contributed by atoms with E-state index in [-0.39, 0.29) is 0 Å². The maximum atomic E-state index is 11.2. The highest BCUT2D eigenvalue weighted by Crippen LogP contribution is 2.36. The third-order valence-electron chi connectivity index (χ3n) is 3.26. The predicted molar refractivity (Wildman–Crippen MR) is 90.7 cm³/mol. The molecule has 1 fully saturated rings. The molecule has 0 aromatic heterocycles. The first-order valence-electron chi connectivity index (χ1n) is 7.18. The van der Waals surface area contributed by atoms with Crippen molar-refractivity contribution in [2.75, 3.05) is 0 Å². The Kier molecular flexibility index (Phi) is 9.83. The highest BCUT2D eigenvalue weighted by molar-refractivity contribution is 7.82. The molecule has 0 aromatic rings. The molecule has 1 aliphatic rings. The van der Waals surface area contributed by atoms with Crippen LogP contribution in [-0.4, -0.2) is 107 Å². The van der Waals surface area contributed by atoms with E-state index in [1.807, 2.05) is 0 Å². The number of hydrogen-bond acceptors (Lipinski definition) is 18. The zero-order valence-electron chi connectivity index (χ0n) is 15.1. The third-order valence-corrected chi connectivity index (χ3v) is 5.59. The Morgan fingerprint density at radius 2 is 0.559 bits per heavy atom. The second-order valence-corrected chi connectivity index (χ2v) is 10.8. The molecular formula is C6H12O23S5. The van der Waals surface area contributed by atoms with Crippen LogP contribution in [0.25, 0.3) is 0 Å². The quantitative estimate of drug-likeness (QED) is 0.0689. The van der Waals surface area contributed by atoms with Gasteiger partial charge in [-0.15, -0.1) is 0 Å². The highest BCUT2D eigenvalue weighted by Gasteiger charge is 2.61. The first-order valence-corrected chi connectivity index (χ1v) is 14.0. The van der Waals surface area contributed by atoms with Gasteiger partial charge in [0, 0.05) is 0 Å². The summed E-state index contributed by atoms with van der Waals surface area (Å²) in [5.41, 5.74) is 0. The van der Waals surface area contributed by atoms with E-state index in [0.717, 1.165) is 0 Å². The van der Waals surface area contributed by atoms with Crippen LogP contribution in [0.1, 0.15) is 0 Å². The molecule has 0 spiro atoms. The minimum absolute atomic E-state index is 2.98.